The monoisotopic (exact) mass is 416 g/mol. The molecule has 2 fully saturated rings. The van der Waals surface area contributed by atoms with Crippen LogP contribution in [0.1, 0.15) is 63.4 Å². The van der Waals surface area contributed by atoms with Crippen molar-refractivity contribution >= 4 is 0 Å². The third-order valence-corrected chi connectivity index (χ3v) is 6.83. The van der Waals surface area contributed by atoms with Crippen LogP contribution >= 0.6 is 0 Å². The van der Waals surface area contributed by atoms with Crippen LogP contribution < -0.4 is 4.74 Å². The summed E-state index contributed by atoms with van der Waals surface area (Å²) in [6, 6.07) is 1.90. The van der Waals surface area contributed by atoms with Gasteiger partial charge in [-0.05, 0) is 92.7 Å². The second kappa shape index (κ2) is 9.48. The van der Waals surface area contributed by atoms with Gasteiger partial charge in [-0.25, -0.2) is 8.78 Å². The van der Waals surface area contributed by atoms with Crippen molar-refractivity contribution in [2.75, 3.05) is 0 Å². The molecule has 29 heavy (non-hydrogen) atoms. The molecule has 0 atom stereocenters. The number of alkyl halides is 3. The van der Waals surface area contributed by atoms with Crippen molar-refractivity contribution in [2.24, 2.45) is 23.7 Å². The summed E-state index contributed by atoms with van der Waals surface area (Å²) >= 11 is 0. The van der Waals surface area contributed by atoms with E-state index in [4.69, 9.17) is 0 Å². The zero-order valence-corrected chi connectivity index (χ0v) is 16.6. The highest BCUT2D eigenvalue weighted by Gasteiger charge is 2.34. The van der Waals surface area contributed by atoms with Gasteiger partial charge in [-0.3, -0.25) is 0 Å². The molecule has 162 valence electrons. The minimum Gasteiger partial charge on any atom is -0.399 e. The van der Waals surface area contributed by atoms with Gasteiger partial charge in [0.1, 0.15) is 0 Å². The molecule has 0 aromatic heterocycles. The highest BCUT2D eigenvalue weighted by atomic mass is 19.4. The lowest BCUT2D eigenvalue weighted by molar-refractivity contribution is -0.276. The molecule has 0 N–H and O–H groups in total. The minimum atomic E-state index is -5.12. The van der Waals surface area contributed by atoms with E-state index in [2.05, 4.69) is 17.4 Å². The Labute approximate surface area is 169 Å². The number of allylic oxidation sites excluding steroid dienone is 1. The summed E-state index contributed by atoms with van der Waals surface area (Å²) in [5.41, 5.74) is 0.374. The second-order valence-corrected chi connectivity index (χ2v) is 8.67. The third-order valence-electron chi connectivity index (χ3n) is 6.83. The number of hydrogen-bond donors (Lipinski definition) is 0. The van der Waals surface area contributed by atoms with Crippen molar-refractivity contribution in [1.29, 1.82) is 0 Å². The van der Waals surface area contributed by atoms with Crippen LogP contribution in [0.25, 0.3) is 0 Å². The zero-order chi connectivity index (χ0) is 21.0. The van der Waals surface area contributed by atoms with Crippen LogP contribution in [0.2, 0.25) is 0 Å². The van der Waals surface area contributed by atoms with E-state index in [-0.39, 0.29) is 0 Å². The Morgan fingerprint density at radius 3 is 1.90 bits per heavy atom. The molecule has 0 saturated heterocycles. The lowest BCUT2D eigenvalue weighted by Gasteiger charge is -2.37. The number of hydrogen-bond acceptors (Lipinski definition) is 1. The van der Waals surface area contributed by atoms with Crippen molar-refractivity contribution < 1.29 is 26.7 Å². The predicted molar refractivity (Wildman–Crippen MR) is 102 cm³/mol. The predicted octanol–water partition coefficient (Wildman–Crippen LogP) is 7.59. The Morgan fingerprint density at radius 1 is 0.897 bits per heavy atom. The van der Waals surface area contributed by atoms with E-state index < -0.39 is 23.7 Å². The highest BCUT2D eigenvalue weighted by molar-refractivity contribution is 5.31. The average Bonchev–Trinajstić information content (AvgIpc) is 2.69. The maximum Gasteiger partial charge on any atom is 0.573 e. The first kappa shape index (κ1) is 22.1. The van der Waals surface area contributed by atoms with Crippen molar-refractivity contribution in [1.82, 2.24) is 0 Å². The maximum absolute atomic E-state index is 13.8. The molecule has 0 amide bonds. The summed E-state index contributed by atoms with van der Waals surface area (Å²) in [6.07, 6.45) is 7.94. The number of benzene rings is 1. The van der Waals surface area contributed by atoms with Crippen LogP contribution in [0, 0.1) is 35.3 Å². The maximum atomic E-state index is 13.8. The molecule has 6 heteroatoms. The van der Waals surface area contributed by atoms with Gasteiger partial charge in [0.2, 0.25) is 5.75 Å². The van der Waals surface area contributed by atoms with Gasteiger partial charge in [-0.1, -0.05) is 18.9 Å². The quantitative estimate of drug-likeness (QED) is 0.343. The Balaban J connectivity index is 1.46. The fraction of sp³-hybridized carbons (Fsp3) is 0.652. The second-order valence-electron chi connectivity index (χ2n) is 8.67. The van der Waals surface area contributed by atoms with Crippen LogP contribution in [-0.4, -0.2) is 6.36 Å². The van der Waals surface area contributed by atoms with Crippen LogP contribution in [-0.2, 0) is 6.42 Å². The van der Waals surface area contributed by atoms with Crippen LogP contribution in [0.15, 0.2) is 24.8 Å². The van der Waals surface area contributed by atoms with Crippen molar-refractivity contribution in [3.05, 3.63) is 42.0 Å². The Morgan fingerprint density at radius 2 is 1.41 bits per heavy atom. The molecule has 0 aliphatic heterocycles. The number of aryl methyl sites for hydroxylation is 1. The van der Waals surface area contributed by atoms with Crippen LogP contribution in [0.3, 0.4) is 0 Å². The first-order valence-corrected chi connectivity index (χ1v) is 10.6. The molecule has 0 spiro atoms. The Hall–Kier alpha value is -1.59. The number of rotatable bonds is 6. The fourth-order valence-electron chi connectivity index (χ4n) is 5.14. The molecule has 3 rings (SSSR count). The van der Waals surface area contributed by atoms with Gasteiger partial charge in [0, 0.05) is 0 Å². The SMILES string of the molecule is C=CC1CCC(C2CCC(CCc3cc(F)c(OC(F)(F)F)c(F)c3)CC2)CC1. The number of ether oxygens (including phenoxy) is 1. The highest BCUT2D eigenvalue weighted by Crippen LogP contribution is 2.42. The summed E-state index contributed by atoms with van der Waals surface area (Å²) in [5, 5.41) is 0. The molecule has 2 aliphatic carbocycles. The summed E-state index contributed by atoms with van der Waals surface area (Å²) in [7, 11) is 0. The molecule has 1 aromatic rings. The Kier molecular flexibility index (Phi) is 7.23. The van der Waals surface area contributed by atoms with E-state index in [9.17, 15) is 22.0 Å². The fourth-order valence-corrected chi connectivity index (χ4v) is 5.14. The molecule has 1 nitrogen and oxygen atoms in total. The molecule has 0 bridgehead atoms. The van der Waals surface area contributed by atoms with E-state index in [1.165, 1.54) is 38.5 Å². The number of halogens is 5. The van der Waals surface area contributed by atoms with E-state index >= 15 is 0 Å². The van der Waals surface area contributed by atoms with Gasteiger partial charge in [-0.2, -0.15) is 0 Å². The topological polar surface area (TPSA) is 9.23 Å². The van der Waals surface area contributed by atoms with Gasteiger partial charge in [-0.15, -0.1) is 19.8 Å². The lowest BCUT2D eigenvalue weighted by Crippen LogP contribution is -2.25. The standard InChI is InChI=1S/C23H29F5O/c1-2-15-5-9-18(10-6-15)19-11-7-16(8-12-19)3-4-17-13-20(24)22(21(25)14-17)29-23(26,27)28/h2,13-16,18-19H,1,3-12H2. The van der Waals surface area contributed by atoms with Gasteiger partial charge >= 0.3 is 6.36 Å². The summed E-state index contributed by atoms with van der Waals surface area (Å²) in [4.78, 5) is 0. The zero-order valence-electron chi connectivity index (χ0n) is 16.6. The molecule has 0 radical (unpaired) electrons. The molecule has 0 heterocycles. The van der Waals surface area contributed by atoms with E-state index in [0.717, 1.165) is 43.2 Å². The summed E-state index contributed by atoms with van der Waals surface area (Å²) < 4.78 is 67.8. The minimum absolute atomic E-state index is 0.374. The van der Waals surface area contributed by atoms with Gasteiger partial charge in [0.15, 0.2) is 11.6 Å². The van der Waals surface area contributed by atoms with Gasteiger partial charge < -0.3 is 4.74 Å². The van der Waals surface area contributed by atoms with Gasteiger partial charge in [0.05, 0.1) is 0 Å². The smallest absolute Gasteiger partial charge is 0.399 e. The first-order chi connectivity index (χ1) is 13.7. The van der Waals surface area contributed by atoms with Crippen LogP contribution in [0.4, 0.5) is 22.0 Å². The van der Waals surface area contributed by atoms with E-state index in [0.29, 0.717) is 23.8 Å². The normalized spacial score (nSPS) is 28.2. The lowest BCUT2D eigenvalue weighted by atomic mass is 9.68. The molecule has 2 aliphatic rings. The van der Waals surface area contributed by atoms with Crippen molar-refractivity contribution in [2.45, 2.75) is 70.6 Å². The molecular formula is C23H29F5O. The molecule has 1 aromatic carbocycles. The first-order valence-electron chi connectivity index (χ1n) is 10.6. The van der Waals surface area contributed by atoms with Crippen molar-refractivity contribution in [3.63, 3.8) is 0 Å². The Bertz CT molecular complexity index is 660. The third kappa shape index (κ3) is 6.19. The average molecular weight is 416 g/mol. The summed E-state index contributed by atoms with van der Waals surface area (Å²) in [5.74, 6) is -1.22. The van der Waals surface area contributed by atoms with Crippen LogP contribution in [0.5, 0.6) is 5.75 Å². The molecule has 2 saturated carbocycles. The van der Waals surface area contributed by atoms with E-state index in [1.54, 1.807) is 0 Å². The molecular weight excluding hydrogens is 387 g/mol. The van der Waals surface area contributed by atoms with Crippen molar-refractivity contribution in [3.8, 4) is 5.75 Å². The molecule has 0 unspecified atom stereocenters. The van der Waals surface area contributed by atoms with Gasteiger partial charge in [0.25, 0.3) is 0 Å². The summed E-state index contributed by atoms with van der Waals surface area (Å²) in [6.45, 7) is 3.90. The largest absolute Gasteiger partial charge is 0.573 e. The van der Waals surface area contributed by atoms with E-state index in [1.807, 2.05) is 0 Å².